The maximum Gasteiger partial charge on any atom is 0.471 e. The number of hydrogen-bond donors (Lipinski definition) is 2. The molecule has 2 aromatic carbocycles. The lowest BCUT2D eigenvalue weighted by molar-refractivity contribution is -0.173. The minimum Gasteiger partial charge on any atom is -0.493 e. The Morgan fingerprint density at radius 2 is 1.67 bits per heavy atom. The molecule has 3 aromatic rings. The normalized spacial score (nSPS) is 11.1. The Morgan fingerprint density at radius 3 is 2.30 bits per heavy atom. The predicted molar refractivity (Wildman–Crippen MR) is 109 cm³/mol. The lowest BCUT2D eigenvalue weighted by Gasteiger charge is -2.13. The Balaban J connectivity index is 1.75. The fourth-order valence-electron chi connectivity index (χ4n) is 2.78. The Morgan fingerprint density at radius 1 is 0.970 bits per heavy atom. The molecular formula is C21H17F4N3O5. The van der Waals surface area contributed by atoms with E-state index in [1.165, 1.54) is 43.9 Å². The number of rotatable bonds is 7. The first-order valence-corrected chi connectivity index (χ1v) is 9.25. The quantitative estimate of drug-likeness (QED) is 0.513. The van der Waals surface area contributed by atoms with E-state index in [1.807, 2.05) is 0 Å². The molecule has 0 fully saturated rings. The molecule has 0 atom stereocenters. The standard InChI is InChI=1S/C21H17F4N3O5/c1-31-17-8-12-14(9-18(17)32-2)26-6-5-15(12)33-16-4-3-11(7-13(16)22)28-19(29)10-27-20(30)21(23,24)25/h3-9H,10H2,1-2H3,(H,27,30)(H,28,29). The second kappa shape index (κ2) is 9.59. The van der Waals surface area contributed by atoms with E-state index >= 15 is 0 Å². The smallest absolute Gasteiger partial charge is 0.471 e. The summed E-state index contributed by atoms with van der Waals surface area (Å²) in [4.78, 5) is 26.7. The van der Waals surface area contributed by atoms with E-state index in [4.69, 9.17) is 14.2 Å². The van der Waals surface area contributed by atoms with Crippen LogP contribution in [0.15, 0.2) is 42.6 Å². The summed E-state index contributed by atoms with van der Waals surface area (Å²) in [7, 11) is 2.94. The number of pyridine rings is 1. The molecule has 0 saturated heterocycles. The number of carbonyl (C=O) groups excluding carboxylic acids is 2. The lowest BCUT2D eigenvalue weighted by atomic mass is 10.2. The number of nitrogens with zero attached hydrogens (tertiary/aromatic N) is 1. The van der Waals surface area contributed by atoms with Crippen LogP contribution in [0.3, 0.4) is 0 Å². The monoisotopic (exact) mass is 467 g/mol. The van der Waals surface area contributed by atoms with Crippen molar-refractivity contribution in [3.8, 4) is 23.0 Å². The number of alkyl halides is 3. The van der Waals surface area contributed by atoms with Gasteiger partial charge in [-0.15, -0.1) is 0 Å². The minimum absolute atomic E-state index is 0.0444. The SMILES string of the molecule is COc1cc2nccc(Oc3ccc(NC(=O)CNC(=O)C(F)(F)F)cc3F)c2cc1OC. The fourth-order valence-corrected chi connectivity index (χ4v) is 2.78. The molecule has 0 aliphatic rings. The summed E-state index contributed by atoms with van der Waals surface area (Å²) in [6.07, 6.45) is -3.65. The summed E-state index contributed by atoms with van der Waals surface area (Å²) in [5, 5.41) is 4.12. The second-order valence-corrected chi connectivity index (χ2v) is 6.51. The molecule has 12 heteroatoms. The van der Waals surface area contributed by atoms with Crippen molar-refractivity contribution in [3.05, 3.63) is 48.4 Å². The predicted octanol–water partition coefficient (Wildman–Crippen LogP) is 3.80. The van der Waals surface area contributed by atoms with E-state index in [2.05, 4.69) is 10.3 Å². The highest BCUT2D eigenvalue weighted by Crippen LogP contribution is 2.37. The van der Waals surface area contributed by atoms with Gasteiger partial charge in [-0.1, -0.05) is 0 Å². The van der Waals surface area contributed by atoms with E-state index in [0.717, 1.165) is 6.07 Å². The van der Waals surface area contributed by atoms with Gasteiger partial charge in [-0.05, 0) is 24.3 Å². The van der Waals surface area contributed by atoms with Gasteiger partial charge in [0.05, 0.1) is 26.3 Å². The van der Waals surface area contributed by atoms with Crippen LogP contribution in [0.5, 0.6) is 23.0 Å². The third-order valence-electron chi connectivity index (χ3n) is 4.31. The van der Waals surface area contributed by atoms with Gasteiger partial charge in [0, 0.05) is 29.4 Å². The van der Waals surface area contributed by atoms with Crippen molar-refractivity contribution in [2.45, 2.75) is 6.18 Å². The molecule has 0 aliphatic heterocycles. The number of ether oxygens (including phenoxy) is 3. The molecule has 1 heterocycles. The molecule has 0 unspecified atom stereocenters. The molecule has 0 bridgehead atoms. The van der Waals surface area contributed by atoms with Crippen LogP contribution in [0, 0.1) is 5.82 Å². The summed E-state index contributed by atoms with van der Waals surface area (Å²) >= 11 is 0. The maximum absolute atomic E-state index is 14.6. The molecule has 8 nitrogen and oxygen atoms in total. The molecule has 0 aliphatic carbocycles. The number of fused-ring (bicyclic) bond motifs is 1. The number of anilines is 1. The largest absolute Gasteiger partial charge is 0.493 e. The average molecular weight is 467 g/mol. The maximum atomic E-state index is 14.6. The first-order valence-electron chi connectivity index (χ1n) is 9.25. The van der Waals surface area contributed by atoms with Crippen LogP contribution in [0.2, 0.25) is 0 Å². The highest BCUT2D eigenvalue weighted by atomic mass is 19.4. The van der Waals surface area contributed by atoms with Crippen LogP contribution in [0.4, 0.5) is 23.2 Å². The van der Waals surface area contributed by atoms with Gasteiger partial charge in [-0.25, -0.2) is 4.39 Å². The number of nitrogens with one attached hydrogen (secondary N) is 2. The molecule has 1 aromatic heterocycles. The summed E-state index contributed by atoms with van der Waals surface area (Å²) < 4.78 is 67.2. The van der Waals surface area contributed by atoms with Gasteiger partial charge < -0.3 is 24.8 Å². The number of carbonyl (C=O) groups is 2. The van der Waals surface area contributed by atoms with Gasteiger partial charge in [-0.2, -0.15) is 13.2 Å². The van der Waals surface area contributed by atoms with Crippen LogP contribution in [0.1, 0.15) is 0 Å². The Labute approximate surface area is 184 Å². The van der Waals surface area contributed by atoms with Crippen LogP contribution < -0.4 is 24.8 Å². The van der Waals surface area contributed by atoms with Gasteiger partial charge in [0.25, 0.3) is 0 Å². The van der Waals surface area contributed by atoms with Gasteiger partial charge >= 0.3 is 12.1 Å². The average Bonchev–Trinajstić information content (AvgIpc) is 2.77. The third-order valence-corrected chi connectivity index (χ3v) is 4.31. The number of halogens is 4. The Bertz CT molecular complexity index is 1200. The summed E-state index contributed by atoms with van der Waals surface area (Å²) in [5.74, 6) is -3.12. The zero-order valence-corrected chi connectivity index (χ0v) is 17.2. The highest BCUT2D eigenvalue weighted by molar-refractivity contribution is 5.95. The summed E-state index contributed by atoms with van der Waals surface area (Å²) in [6.45, 7) is -0.938. The summed E-state index contributed by atoms with van der Waals surface area (Å²) in [6, 6.07) is 8.21. The lowest BCUT2D eigenvalue weighted by Crippen LogP contribution is -2.41. The van der Waals surface area contributed by atoms with Gasteiger partial charge in [0.1, 0.15) is 5.75 Å². The van der Waals surface area contributed by atoms with Crippen LogP contribution in [-0.2, 0) is 9.59 Å². The molecule has 33 heavy (non-hydrogen) atoms. The summed E-state index contributed by atoms with van der Waals surface area (Å²) in [5.41, 5.74) is 0.465. The van der Waals surface area contributed by atoms with Crippen molar-refractivity contribution in [1.29, 1.82) is 0 Å². The number of amides is 2. The molecule has 0 saturated carbocycles. The van der Waals surface area contributed by atoms with Gasteiger partial charge in [0.15, 0.2) is 23.1 Å². The van der Waals surface area contributed by atoms with Crippen LogP contribution >= 0.6 is 0 Å². The van der Waals surface area contributed by atoms with Crippen molar-refractivity contribution in [2.75, 3.05) is 26.1 Å². The Kier molecular flexibility index (Phi) is 6.85. The van der Waals surface area contributed by atoms with Crippen molar-refractivity contribution in [3.63, 3.8) is 0 Å². The molecule has 2 amide bonds. The Hall–Kier alpha value is -4.09. The van der Waals surface area contributed by atoms with E-state index in [0.29, 0.717) is 22.4 Å². The number of benzene rings is 2. The van der Waals surface area contributed by atoms with Crippen molar-refractivity contribution in [2.24, 2.45) is 0 Å². The first kappa shape index (κ1) is 23.6. The first-order chi connectivity index (χ1) is 15.6. The molecule has 0 spiro atoms. The zero-order chi connectivity index (χ0) is 24.2. The van der Waals surface area contributed by atoms with Crippen LogP contribution in [0.25, 0.3) is 10.9 Å². The van der Waals surface area contributed by atoms with Gasteiger partial charge in [0.2, 0.25) is 5.91 Å². The van der Waals surface area contributed by atoms with E-state index < -0.39 is 30.4 Å². The highest BCUT2D eigenvalue weighted by Gasteiger charge is 2.38. The molecular weight excluding hydrogens is 450 g/mol. The van der Waals surface area contributed by atoms with E-state index in [9.17, 15) is 27.2 Å². The van der Waals surface area contributed by atoms with Crippen molar-refractivity contribution in [1.82, 2.24) is 10.3 Å². The zero-order valence-electron chi connectivity index (χ0n) is 17.2. The van der Waals surface area contributed by atoms with E-state index in [-0.39, 0.29) is 17.2 Å². The molecule has 3 rings (SSSR count). The number of hydrogen-bond acceptors (Lipinski definition) is 6. The van der Waals surface area contributed by atoms with Crippen molar-refractivity contribution >= 4 is 28.4 Å². The number of methoxy groups -OCH3 is 2. The number of aromatic nitrogens is 1. The van der Waals surface area contributed by atoms with Crippen molar-refractivity contribution < 1.29 is 41.4 Å². The molecule has 2 N–H and O–H groups in total. The van der Waals surface area contributed by atoms with Crippen LogP contribution in [-0.4, -0.2) is 43.7 Å². The molecule has 174 valence electrons. The third kappa shape index (κ3) is 5.59. The van der Waals surface area contributed by atoms with E-state index in [1.54, 1.807) is 12.1 Å². The van der Waals surface area contributed by atoms with Gasteiger partial charge in [-0.3, -0.25) is 14.6 Å². The molecule has 0 radical (unpaired) electrons. The topological polar surface area (TPSA) is 98.8 Å². The fraction of sp³-hybridized carbons (Fsp3) is 0.190. The second-order valence-electron chi connectivity index (χ2n) is 6.51. The minimum atomic E-state index is -5.11.